The first-order valence-corrected chi connectivity index (χ1v) is 7.11. The van der Waals surface area contributed by atoms with E-state index in [9.17, 15) is 9.90 Å². The fourth-order valence-electron chi connectivity index (χ4n) is 3.09. The van der Waals surface area contributed by atoms with Crippen molar-refractivity contribution in [3.8, 4) is 0 Å². The van der Waals surface area contributed by atoms with Crippen LogP contribution in [0.25, 0.3) is 10.9 Å². The van der Waals surface area contributed by atoms with E-state index in [0.29, 0.717) is 6.54 Å². The molecule has 0 saturated carbocycles. The minimum Gasteiger partial charge on any atom is -0.392 e. The van der Waals surface area contributed by atoms with Gasteiger partial charge in [0.25, 0.3) is 0 Å². The molecule has 2 aromatic rings. The molecule has 1 unspecified atom stereocenters. The molecule has 1 aromatic carbocycles. The average Bonchev–Trinajstić information content (AvgIpc) is 2.99. The van der Waals surface area contributed by atoms with Gasteiger partial charge in [0.2, 0.25) is 0 Å². The van der Waals surface area contributed by atoms with Crippen LogP contribution in [-0.2, 0) is 0 Å². The number of aliphatic hydroxyl groups excluding tert-OH is 1. The fraction of sp³-hybridized carbons (Fsp3) is 0.438. The number of hydrogen-bond acceptors (Lipinski definition) is 3. The maximum absolute atomic E-state index is 12.8. The molecular formula is C16H20N2O2. The van der Waals surface area contributed by atoms with Crippen molar-refractivity contribution in [3.05, 3.63) is 35.5 Å². The number of likely N-dealkylation sites (tertiary alicyclic amines) is 1. The molecule has 1 aliphatic rings. The highest BCUT2D eigenvalue weighted by Crippen LogP contribution is 2.25. The minimum absolute atomic E-state index is 0.133. The lowest BCUT2D eigenvalue weighted by Gasteiger charge is -2.22. The van der Waals surface area contributed by atoms with Gasteiger partial charge in [-0.25, -0.2) is 0 Å². The summed E-state index contributed by atoms with van der Waals surface area (Å²) in [6.45, 7) is 5.25. The number of fused-ring (bicyclic) bond motifs is 1. The number of H-pyrrole nitrogens is 1. The number of nitrogens with one attached hydrogen (secondary N) is 1. The molecule has 0 amide bonds. The maximum atomic E-state index is 12.8. The zero-order chi connectivity index (χ0) is 14.3. The monoisotopic (exact) mass is 272 g/mol. The summed E-state index contributed by atoms with van der Waals surface area (Å²) in [4.78, 5) is 18.1. The van der Waals surface area contributed by atoms with E-state index < -0.39 is 0 Å². The van der Waals surface area contributed by atoms with Crippen molar-refractivity contribution < 1.29 is 9.90 Å². The van der Waals surface area contributed by atoms with Gasteiger partial charge in [0, 0.05) is 35.2 Å². The molecule has 0 aliphatic carbocycles. The Kier molecular flexibility index (Phi) is 3.36. The van der Waals surface area contributed by atoms with Crippen LogP contribution in [0.4, 0.5) is 0 Å². The number of benzene rings is 1. The summed E-state index contributed by atoms with van der Waals surface area (Å²) in [5, 5.41) is 10.6. The van der Waals surface area contributed by atoms with Crippen LogP contribution in [0.15, 0.2) is 24.3 Å². The third-order valence-corrected chi connectivity index (χ3v) is 4.26. The standard InChI is InChI=1S/C16H20N2O2/c1-10-15(13-5-3-4-6-14(13)17-10)16(20)11(2)18-8-7-12(19)9-18/h3-6,11-12,17,19H,7-9H2,1-2H3/t11?,12-/m0/s1. The lowest BCUT2D eigenvalue weighted by molar-refractivity contribution is 0.0848. The van der Waals surface area contributed by atoms with Gasteiger partial charge < -0.3 is 10.1 Å². The summed E-state index contributed by atoms with van der Waals surface area (Å²) in [7, 11) is 0. The number of hydrogen-bond donors (Lipinski definition) is 2. The van der Waals surface area contributed by atoms with Crippen molar-refractivity contribution in [1.82, 2.24) is 9.88 Å². The average molecular weight is 272 g/mol. The molecule has 2 heterocycles. The second kappa shape index (κ2) is 5.04. The number of aliphatic hydroxyl groups is 1. The first-order chi connectivity index (χ1) is 9.58. The number of nitrogens with zero attached hydrogens (tertiary/aromatic N) is 1. The van der Waals surface area contributed by atoms with Gasteiger partial charge in [0.05, 0.1) is 12.1 Å². The lowest BCUT2D eigenvalue weighted by Crippen LogP contribution is -2.38. The van der Waals surface area contributed by atoms with Gasteiger partial charge in [-0.15, -0.1) is 0 Å². The molecule has 2 N–H and O–H groups in total. The molecule has 0 spiro atoms. The number of carbonyl (C=O) groups excluding carboxylic acids is 1. The molecule has 0 radical (unpaired) electrons. The lowest BCUT2D eigenvalue weighted by atomic mass is 10.0. The van der Waals surface area contributed by atoms with E-state index in [0.717, 1.165) is 35.1 Å². The third kappa shape index (κ3) is 2.15. The Morgan fingerprint density at radius 3 is 2.90 bits per heavy atom. The number of Topliss-reactive ketones (excluding diaryl/α,β-unsaturated/α-hetero) is 1. The second-order valence-electron chi connectivity index (χ2n) is 5.65. The molecule has 4 heteroatoms. The molecule has 4 nitrogen and oxygen atoms in total. The Hall–Kier alpha value is -1.65. The first kappa shape index (κ1) is 13.3. The summed E-state index contributed by atoms with van der Waals surface area (Å²) in [5.41, 5.74) is 2.71. The van der Waals surface area contributed by atoms with E-state index >= 15 is 0 Å². The quantitative estimate of drug-likeness (QED) is 0.841. The maximum Gasteiger partial charge on any atom is 0.182 e. The molecule has 106 valence electrons. The van der Waals surface area contributed by atoms with Crippen LogP contribution in [0.3, 0.4) is 0 Å². The zero-order valence-corrected chi connectivity index (χ0v) is 11.9. The number of aromatic nitrogens is 1. The summed E-state index contributed by atoms with van der Waals surface area (Å²) in [6.07, 6.45) is 0.458. The molecule has 1 aromatic heterocycles. The highest BCUT2D eigenvalue weighted by molar-refractivity contribution is 6.11. The number of para-hydroxylation sites is 1. The topological polar surface area (TPSA) is 56.3 Å². The molecule has 1 fully saturated rings. The molecule has 1 aliphatic heterocycles. The van der Waals surface area contributed by atoms with Gasteiger partial charge in [0.1, 0.15) is 0 Å². The van der Waals surface area contributed by atoms with Crippen molar-refractivity contribution in [2.75, 3.05) is 13.1 Å². The third-order valence-electron chi connectivity index (χ3n) is 4.26. The Morgan fingerprint density at radius 2 is 2.20 bits per heavy atom. The molecular weight excluding hydrogens is 252 g/mol. The Bertz CT molecular complexity index is 647. The number of aromatic amines is 1. The summed E-state index contributed by atoms with van der Waals surface area (Å²) in [6, 6.07) is 7.70. The Morgan fingerprint density at radius 1 is 1.45 bits per heavy atom. The number of aryl methyl sites for hydroxylation is 1. The largest absolute Gasteiger partial charge is 0.392 e. The predicted molar refractivity (Wildman–Crippen MR) is 79.0 cm³/mol. The van der Waals surface area contributed by atoms with Gasteiger partial charge in [-0.2, -0.15) is 0 Å². The van der Waals surface area contributed by atoms with Gasteiger partial charge in [-0.1, -0.05) is 18.2 Å². The van der Waals surface area contributed by atoms with E-state index in [2.05, 4.69) is 9.88 Å². The molecule has 20 heavy (non-hydrogen) atoms. The van der Waals surface area contributed by atoms with Crippen LogP contribution in [-0.4, -0.2) is 46.0 Å². The van der Waals surface area contributed by atoms with Crippen LogP contribution in [0.2, 0.25) is 0 Å². The summed E-state index contributed by atoms with van der Waals surface area (Å²) >= 11 is 0. The van der Waals surface area contributed by atoms with E-state index in [-0.39, 0.29) is 17.9 Å². The Balaban J connectivity index is 1.94. The van der Waals surface area contributed by atoms with E-state index in [1.54, 1.807) is 0 Å². The van der Waals surface area contributed by atoms with Gasteiger partial charge >= 0.3 is 0 Å². The van der Waals surface area contributed by atoms with Crippen molar-refractivity contribution in [1.29, 1.82) is 0 Å². The van der Waals surface area contributed by atoms with Crippen molar-refractivity contribution in [3.63, 3.8) is 0 Å². The van der Waals surface area contributed by atoms with Gasteiger partial charge in [-0.05, 0) is 26.3 Å². The van der Waals surface area contributed by atoms with E-state index in [4.69, 9.17) is 0 Å². The fourth-order valence-corrected chi connectivity index (χ4v) is 3.09. The SMILES string of the molecule is Cc1[nH]c2ccccc2c1C(=O)C(C)N1CC[C@H](O)C1. The molecule has 1 saturated heterocycles. The van der Waals surface area contributed by atoms with Crippen molar-refractivity contribution in [2.45, 2.75) is 32.4 Å². The second-order valence-corrected chi connectivity index (χ2v) is 5.65. The van der Waals surface area contributed by atoms with Crippen molar-refractivity contribution >= 4 is 16.7 Å². The van der Waals surface area contributed by atoms with Gasteiger partial charge in [0.15, 0.2) is 5.78 Å². The highest BCUT2D eigenvalue weighted by atomic mass is 16.3. The predicted octanol–water partition coefficient (Wildman–Crippen LogP) is 2.11. The first-order valence-electron chi connectivity index (χ1n) is 7.11. The van der Waals surface area contributed by atoms with E-state index in [1.807, 2.05) is 38.1 Å². The van der Waals surface area contributed by atoms with Crippen LogP contribution in [0.5, 0.6) is 0 Å². The van der Waals surface area contributed by atoms with Crippen LogP contribution < -0.4 is 0 Å². The van der Waals surface area contributed by atoms with Crippen LogP contribution >= 0.6 is 0 Å². The Labute approximate surface area is 118 Å². The minimum atomic E-state index is -0.297. The van der Waals surface area contributed by atoms with Crippen LogP contribution in [0, 0.1) is 6.92 Å². The summed E-state index contributed by atoms with van der Waals surface area (Å²) < 4.78 is 0. The highest BCUT2D eigenvalue weighted by Gasteiger charge is 2.30. The zero-order valence-electron chi connectivity index (χ0n) is 11.9. The molecule has 2 atom stereocenters. The normalized spacial score (nSPS) is 21.4. The number of carbonyl (C=O) groups is 1. The smallest absolute Gasteiger partial charge is 0.182 e. The number of rotatable bonds is 3. The molecule has 0 bridgehead atoms. The van der Waals surface area contributed by atoms with Crippen LogP contribution in [0.1, 0.15) is 29.4 Å². The number of β-amino-alcohol motifs (C(OH)–C–C–N with tert-alkyl or cyclic N) is 1. The van der Waals surface area contributed by atoms with E-state index in [1.165, 1.54) is 0 Å². The van der Waals surface area contributed by atoms with Gasteiger partial charge in [-0.3, -0.25) is 9.69 Å². The molecule has 3 rings (SSSR count). The van der Waals surface area contributed by atoms with Crippen molar-refractivity contribution in [2.24, 2.45) is 0 Å². The summed E-state index contributed by atoms with van der Waals surface area (Å²) in [5.74, 6) is 0.133. The number of ketones is 1.